The zero-order valence-electron chi connectivity index (χ0n) is 22.9. The van der Waals surface area contributed by atoms with Gasteiger partial charge in [-0.05, 0) is 64.7 Å². The Bertz CT molecular complexity index is 662. The van der Waals surface area contributed by atoms with Crippen LogP contribution in [0.1, 0.15) is 74.1 Å². The molecule has 8 heteroatoms. The van der Waals surface area contributed by atoms with E-state index in [1.54, 1.807) is 16.5 Å². The zero-order valence-corrected chi connectivity index (χ0v) is 27.1. The number of rotatable bonds is 17. The van der Waals surface area contributed by atoms with Crippen LogP contribution in [0.15, 0.2) is 12.3 Å². The van der Waals surface area contributed by atoms with E-state index in [1.807, 2.05) is 6.92 Å². The van der Waals surface area contributed by atoms with E-state index in [9.17, 15) is 4.79 Å². The standard InChI is InChI=1S/C26H48NO2PS4/c1-11-27(12-2)24(32)33-18-13-15-22(28)26(8,34-19-31)16-14-17-29-21(4)23(30(9)10)20(3)25(5,6)7/h19-20,23H,4,11-18H2,1-3,5-10H3. The molecule has 3 unspecified atom stereocenters. The summed E-state index contributed by atoms with van der Waals surface area (Å²) >= 11 is 13.7. The molecule has 0 spiro atoms. The van der Waals surface area contributed by atoms with Gasteiger partial charge in [0.15, 0.2) is 0 Å². The van der Waals surface area contributed by atoms with Crippen molar-refractivity contribution in [2.24, 2.45) is 11.3 Å². The lowest BCUT2D eigenvalue weighted by Gasteiger charge is -2.37. The van der Waals surface area contributed by atoms with E-state index in [4.69, 9.17) is 29.2 Å². The molecule has 0 bridgehead atoms. The van der Waals surface area contributed by atoms with Gasteiger partial charge in [-0.3, -0.25) is 4.79 Å². The van der Waals surface area contributed by atoms with Crippen LogP contribution in [-0.4, -0.2) is 68.9 Å². The summed E-state index contributed by atoms with van der Waals surface area (Å²) in [5.74, 6) is 2.52. The molecule has 0 aromatic carbocycles. The number of carbonyl (C=O) groups excluding carboxylic acids is 1. The molecule has 0 saturated carbocycles. The minimum atomic E-state index is -0.503. The number of Topliss-reactive ketones (excluding diaryl/α,β-unsaturated/α-hetero) is 1. The Morgan fingerprint density at radius 3 is 2.24 bits per heavy atom. The number of hydrogen-bond acceptors (Lipinski definition) is 6. The highest BCUT2D eigenvalue weighted by Crippen LogP contribution is 2.47. The first-order valence-corrected chi connectivity index (χ1v) is 17.3. The number of hydrogen-bond donors (Lipinski definition) is 0. The van der Waals surface area contributed by atoms with Crippen LogP contribution in [0.25, 0.3) is 0 Å². The van der Waals surface area contributed by atoms with Gasteiger partial charge in [-0.25, -0.2) is 0 Å². The first-order valence-electron chi connectivity index (χ1n) is 12.3. The zero-order chi connectivity index (χ0) is 26.5. The van der Waals surface area contributed by atoms with Crippen molar-refractivity contribution in [3.05, 3.63) is 12.3 Å². The highest BCUT2D eigenvalue weighted by Gasteiger charge is 2.34. The predicted octanol–water partition coefficient (Wildman–Crippen LogP) is 8.25. The summed E-state index contributed by atoms with van der Waals surface area (Å²) in [5, 5.41) is 0. The molecule has 0 heterocycles. The topological polar surface area (TPSA) is 29.5 Å². The summed E-state index contributed by atoms with van der Waals surface area (Å²) in [4.78, 5) is 15.3. The van der Waals surface area contributed by atoms with Gasteiger partial charge >= 0.3 is 0 Å². The Hall–Kier alpha value is 0.320. The maximum absolute atomic E-state index is 13.1. The van der Waals surface area contributed by atoms with Crippen molar-refractivity contribution in [3.8, 4) is 0 Å². The number of ether oxygens (including phenoxy) is 1. The Labute approximate surface area is 231 Å². The van der Waals surface area contributed by atoms with Crippen molar-refractivity contribution in [2.75, 3.05) is 38.8 Å². The maximum atomic E-state index is 13.1. The molecule has 0 aromatic rings. The van der Waals surface area contributed by atoms with Crippen molar-refractivity contribution >= 4 is 70.7 Å². The van der Waals surface area contributed by atoms with Gasteiger partial charge in [0.05, 0.1) is 17.1 Å². The highest BCUT2D eigenvalue weighted by atomic mass is 32.2. The van der Waals surface area contributed by atoms with Gasteiger partial charge in [-0.2, -0.15) is 0 Å². The summed E-state index contributed by atoms with van der Waals surface area (Å²) in [5.41, 5.74) is 0.580. The molecule has 3 atom stereocenters. The third kappa shape index (κ3) is 12.0. The fourth-order valence-corrected chi connectivity index (χ4v) is 8.54. The van der Waals surface area contributed by atoms with E-state index in [2.05, 4.69) is 66.4 Å². The van der Waals surface area contributed by atoms with Crippen molar-refractivity contribution in [2.45, 2.75) is 84.6 Å². The van der Waals surface area contributed by atoms with Crippen LogP contribution in [0, 0.1) is 11.3 Å². The average Bonchev–Trinajstić information content (AvgIpc) is 2.74. The fraction of sp³-hybridized carbons (Fsp3) is 0.808. The van der Waals surface area contributed by atoms with Crippen LogP contribution in [0.4, 0.5) is 0 Å². The second-order valence-corrected chi connectivity index (χ2v) is 16.4. The molecule has 0 rings (SSSR count). The van der Waals surface area contributed by atoms with Gasteiger partial charge in [-0.15, -0.1) is 19.7 Å². The molecule has 3 nitrogen and oxygen atoms in total. The van der Waals surface area contributed by atoms with Crippen molar-refractivity contribution in [1.29, 1.82) is 0 Å². The van der Waals surface area contributed by atoms with Gasteiger partial charge in [0.2, 0.25) is 0 Å². The van der Waals surface area contributed by atoms with Gasteiger partial charge in [0.25, 0.3) is 0 Å². The summed E-state index contributed by atoms with van der Waals surface area (Å²) in [6, 6.07) is 0. The van der Waals surface area contributed by atoms with Crippen molar-refractivity contribution < 1.29 is 9.53 Å². The van der Waals surface area contributed by atoms with E-state index in [1.165, 1.54) is 11.8 Å². The van der Waals surface area contributed by atoms with E-state index >= 15 is 0 Å². The fourth-order valence-electron chi connectivity index (χ4n) is 3.79. The largest absolute Gasteiger partial charge is 0.498 e. The first-order chi connectivity index (χ1) is 15.7. The average molecular weight is 566 g/mol. The number of allylic oxidation sites excluding steroid dienone is 1. The SMILES string of the molecule is C=C(OCCCC(C)(SC=S)C(=O)CCCSC(=S)N(CC)CC)C(C(C)C(C)(C)C)P(C)C. The minimum Gasteiger partial charge on any atom is -0.498 e. The molecule has 198 valence electrons. The van der Waals surface area contributed by atoms with E-state index in [0.29, 0.717) is 24.6 Å². The van der Waals surface area contributed by atoms with Crippen LogP contribution in [0.3, 0.4) is 0 Å². The lowest BCUT2D eigenvalue weighted by atomic mass is 9.79. The normalized spacial score (nSPS) is 15.4. The number of nitrogens with zero attached hydrogens (tertiary/aromatic N) is 1. The van der Waals surface area contributed by atoms with Crippen LogP contribution < -0.4 is 0 Å². The van der Waals surface area contributed by atoms with Crippen LogP contribution in [0.5, 0.6) is 0 Å². The van der Waals surface area contributed by atoms with E-state index < -0.39 is 4.75 Å². The lowest BCUT2D eigenvalue weighted by molar-refractivity contribution is -0.121. The second kappa shape index (κ2) is 16.9. The van der Waals surface area contributed by atoms with Gasteiger partial charge in [0, 0.05) is 35.6 Å². The third-order valence-corrected chi connectivity index (χ3v) is 11.3. The van der Waals surface area contributed by atoms with Gasteiger partial charge in [-0.1, -0.05) is 70.5 Å². The summed E-state index contributed by atoms with van der Waals surface area (Å²) in [6.07, 6.45) is 2.93. The smallest absolute Gasteiger partial charge is 0.149 e. The summed E-state index contributed by atoms with van der Waals surface area (Å²) in [6.45, 7) is 26.7. The summed E-state index contributed by atoms with van der Waals surface area (Å²) < 4.78 is 8.20. The molecule has 0 amide bonds. The number of thioether (sulfide) groups is 2. The molecular weight excluding hydrogens is 518 g/mol. The van der Waals surface area contributed by atoms with E-state index in [0.717, 1.165) is 48.2 Å². The van der Waals surface area contributed by atoms with Crippen LogP contribution >= 0.6 is 55.9 Å². The Morgan fingerprint density at radius 1 is 1.18 bits per heavy atom. The maximum Gasteiger partial charge on any atom is 0.149 e. The second-order valence-electron chi connectivity index (χ2n) is 10.2. The molecule has 0 aliphatic heterocycles. The molecule has 0 saturated heterocycles. The van der Waals surface area contributed by atoms with E-state index in [-0.39, 0.29) is 19.1 Å². The molecule has 0 fully saturated rings. The molecule has 34 heavy (non-hydrogen) atoms. The summed E-state index contributed by atoms with van der Waals surface area (Å²) in [7, 11) is -0.202. The predicted molar refractivity (Wildman–Crippen MR) is 167 cm³/mol. The Kier molecular flexibility index (Phi) is 17.1. The molecule has 0 aliphatic rings. The van der Waals surface area contributed by atoms with Crippen molar-refractivity contribution in [3.63, 3.8) is 0 Å². The third-order valence-electron chi connectivity index (χ3n) is 6.50. The van der Waals surface area contributed by atoms with Crippen LogP contribution in [-0.2, 0) is 9.53 Å². The first kappa shape index (κ1) is 34.3. The number of thiocarbonyl (C=S) groups is 2. The number of carbonyl (C=O) groups is 1. The Morgan fingerprint density at radius 2 is 1.76 bits per heavy atom. The monoisotopic (exact) mass is 565 g/mol. The minimum absolute atomic E-state index is 0.202. The molecule has 0 aliphatic carbocycles. The molecular formula is C26H48NO2PS4. The van der Waals surface area contributed by atoms with Gasteiger partial charge < -0.3 is 9.64 Å². The van der Waals surface area contributed by atoms with Crippen LogP contribution in [0.2, 0.25) is 0 Å². The highest BCUT2D eigenvalue weighted by molar-refractivity contribution is 8.23. The molecule has 0 radical (unpaired) electrons. The Balaban J connectivity index is 4.74. The lowest BCUT2D eigenvalue weighted by Crippen LogP contribution is -2.33. The number of ketones is 1. The molecule has 0 aromatic heterocycles. The van der Waals surface area contributed by atoms with Gasteiger partial charge in [0.1, 0.15) is 10.1 Å². The van der Waals surface area contributed by atoms with Crippen molar-refractivity contribution in [1.82, 2.24) is 4.90 Å². The molecule has 0 N–H and O–H groups in total. The quantitative estimate of drug-likeness (QED) is 0.0759.